The topological polar surface area (TPSA) is 32.3 Å². The molecule has 0 rings (SSSR count). The average molecular weight is 228 g/mol. The molecule has 0 radical (unpaired) electrons. The molecule has 0 aliphatic heterocycles. The summed E-state index contributed by atoms with van der Waals surface area (Å²) in [5.74, 6) is 1.00. The van der Waals surface area contributed by atoms with Gasteiger partial charge in [0.05, 0.1) is 0 Å². The number of amides is 1. The smallest absolute Gasteiger partial charge is 0.222 e. The Kier molecular flexibility index (Phi) is 8.26. The van der Waals surface area contributed by atoms with Gasteiger partial charge in [0.1, 0.15) is 0 Å². The summed E-state index contributed by atoms with van der Waals surface area (Å²) in [5.41, 5.74) is 0. The highest BCUT2D eigenvalue weighted by Gasteiger charge is 2.07. The first kappa shape index (κ1) is 15.4. The van der Waals surface area contributed by atoms with E-state index >= 15 is 0 Å². The summed E-state index contributed by atoms with van der Waals surface area (Å²) in [6.07, 6.45) is 4.04. The van der Waals surface area contributed by atoms with E-state index in [1.807, 2.05) is 0 Å². The minimum absolute atomic E-state index is 0.219. The SMILES string of the molecule is CCC(C)CC(C)NCCCC(=O)N(C)C. The monoisotopic (exact) mass is 228 g/mol. The lowest BCUT2D eigenvalue weighted by molar-refractivity contribution is -0.128. The van der Waals surface area contributed by atoms with Crippen LogP contribution in [0.4, 0.5) is 0 Å². The zero-order chi connectivity index (χ0) is 12.6. The van der Waals surface area contributed by atoms with E-state index in [0.29, 0.717) is 12.5 Å². The predicted octanol–water partition coefficient (Wildman–Crippen LogP) is 2.27. The van der Waals surface area contributed by atoms with Crippen molar-refractivity contribution in [2.45, 2.75) is 52.5 Å². The molecule has 0 aromatic rings. The van der Waals surface area contributed by atoms with Crippen molar-refractivity contribution in [3.8, 4) is 0 Å². The maximum Gasteiger partial charge on any atom is 0.222 e. The average Bonchev–Trinajstić information content (AvgIpc) is 2.23. The van der Waals surface area contributed by atoms with Crippen molar-refractivity contribution in [2.24, 2.45) is 5.92 Å². The fourth-order valence-electron chi connectivity index (χ4n) is 1.67. The van der Waals surface area contributed by atoms with Crippen molar-refractivity contribution < 1.29 is 4.79 Å². The second kappa shape index (κ2) is 8.57. The molecule has 0 aromatic heterocycles. The van der Waals surface area contributed by atoms with Crippen LogP contribution < -0.4 is 5.32 Å². The molecule has 0 aliphatic carbocycles. The van der Waals surface area contributed by atoms with Crippen LogP contribution in [0.1, 0.15) is 46.5 Å². The summed E-state index contributed by atoms with van der Waals surface area (Å²) in [5, 5.41) is 3.47. The first-order valence-corrected chi connectivity index (χ1v) is 6.40. The summed E-state index contributed by atoms with van der Waals surface area (Å²) in [7, 11) is 3.61. The Bertz CT molecular complexity index is 192. The van der Waals surface area contributed by atoms with Gasteiger partial charge in [-0.25, -0.2) is 0 Å². The van der Waals surface area contributed by atoms with Gasteiger partial charge in [0.25, 0.3) is 0 Å². The number of hydrogen-bond donors (Lipinski definition) is 1. The molecule has 1 amide bonds. The zero-order valence-electron chi connectivity index (χ0n) is 11.5. The van der Waals surface area contributed by atoms with Gasteiger partial charge in [-0.2, -0.15) is 0 Å². The Labute approximate surface area is 101 Å². The quantitative estimate of drug-likeness (QED) is 0.646. The van der Waals surface area contributed by atoms with Crippen LogP contribution in [0.2, 0.25) is 0 Å². The van der Waals surface area contributed by atoms with E-state index in [4.69, 9.17) is 0 Å². The van der Waals surface area contributed by atoms with Crippen LogP contribution in [-0.4, -0.2) is 37.5 Å². The molecule has 96 valence electrons. The maximum atomic E-state index is 11.3. The number of rotatable bonds is 8. The van der Waals surface area contributed by atoms with Crippen LogP contribution >= 0.6 is 0 Å². The highest BCUT2D eigenvalue weighted by Crippen LogP contribution is 2.09. The van der Waals surface area contributed by atoms with E-state index in [1.54, 1.807) is 19.0 Å². The van der Waals surface area contributed by atoms with Gasteiger partial charge in [-0.1, -0.05) is 20.3 Å². The molecule has 0 heterocycles. The molecule has 0 saturated heterocycles. The highest BCUT2D eigenvalue weighted by molar-refractivity contribution is 5.75. The van der Waals surface area contributed by atoms with Gasteiger partial charge in [0.2, 0.25) is 5.91 Å². The van der Waals surface area contributed by atoms with Crippen molar-refractivity contribution in [2.75, 3.05) is 20.6 Å². The lowest BCUT2D eigenvalue weighted by Crippen LogP contribution is -2.30. The van der Waals surface area contributed by atoms with E-state index < -0.39 is 0 Å². The van der Waals surface area contributed by atoms with E-state index in [-0.39, 0.29) is 5.91 Å². The normalized spacial score (nSPS) is 14.6. The molecule has 0 bridgehead atoms. The molecule has 3 heteroatoms. The molecule has 2 unspecified atom stereocenters. The molecule has 1 N–H and O–H groups in total. The summed E-state index contributed by atoms with van der Waals surface area (Å²) >= 11 is 0. The second-order valence-electron chi connectivity index (χ2n) is 5.00. The molecule has 3 nitrogen and oxygen atoms in total. The van der Waals surface area contributed by atoms with Crippen molar-refractivity contribution in [1.29, 1.82) is 0 Å². The molecular weight excluding hydrogens is 200 g/mol. The number of nitrogens with one attached hydrogen (secondary N) is 1. The number of hydrogen-bond acceptors (Lipinski definition) is 2. The van der Waals surface area contributed by atoms with Gasteiger partial charge in [0, 0.05) is 26.6 Å². The van der Waals surface area contributed by atoms with Crippen molar-refractivity contribution >= 4 is 5.91 Å². The van der Waals surface area contributed by atoms with Crippen molar-refractivity contribution in [3.05, 3.63) is 0 Å². The van der Waals surface area contributed by atoms with Gasteiger partial charge in [-0.3, -0.25) is 4.79 Å². The molecule has 0 fully saturated rings. The van der Waals surface area contributed by atoms with E-state index in [0.717, 1.165) is 18.9 Å². The molecule has 0 aromatic carbocycles. The Balaban J connectivity index is 3.48. The van der Waals surface area contributed by atoms with Crippen molar-refractivity contribution in [1.82, 2.24) is 10.2 Å². The fourth-order valence-corrected chi connectivity index (χ4v) is 1.67. The third kappa shape index (κ3) is 7.69. The van der Waals surface area contributed by atoms with Crippen LogP contribution in [0, 0.1) is 5.92 Å². The lowest BCUT2D eigenvalue weighted by atomic mass is 10.0. The van der Waals surface area contributed by atoms with E-state index in [9.17, 15) is 4.79 Å². The number of carbonyl (C=O) groups is 1. The third-order valence-corrected chi connectivity index (χ3v) is 3.01. The number of nitrogens with zero attached hydrogens (tertiary/aromatic N) is 1. The van der Waals surface area contributed by atoms with Crippen LogP contribution in [-0.2, 0) is 4.79 Å². The molecule has 0 saturated carbocycles. The largest absolute Gasteiger partial charge is 0.349 e. The molecule has 2 atom stereocenters. The zero-order valence-corrected chi connectivity index (χ0v) is 11.5. The predicted molar refractivity (Wildman–Crippen MR) is 69.5 cm³/mol. The van der Waals surface area contributed by atoms with Crippen LogP contribution in [0.15, 0.2) is 0 Å². The van der Waals surface area contributed by atoms with Gasteiger partial charge in [0.15, 0.2) is 0 Å². The Morgan fingerprint density at radius 1 is 1.31 bits per heavy atom. The molecule has 0 spiro atoms. The van der Waals surface area contributed by atoms with Crippen LogP contribution in [0.25, 0.3) is 0 Å². The summed E-state index contributed by atoms with van der Waals surface area (Å²) < 4.78 is 0. The van der Waals surface area contributed by atoms with Crippen molar-refractivity contribution in [3.63, 3.8) is 0 Å². The molecule has 0 aliphatic rings. The molecule has 16 heavy (non-hydrogen) atoms. The first-order valence-electron chi connectivity index (χ1n) is 6.40. The minimum Gasteiger partial charge on any atom is -0.349 e. The molecular formula is C13H28N2O. The Morgan fingerprint density at radius 2 is 1.94 bits per heavy atom. The Hall–Kier alpha value is -0.570. The van der Waals surface area contributed by atoms with Gasteiger partial charge in [-0.15, -0.1) is 0 Å². The van der Waals surface area contributed by atoms with E-state index in [2.05, 4.69) is 26.1 Å². The van der Waals surface area contributed by atoms with Gasteiger partial charge >= 0.3 is 0 Å². The lowest BCUT2D eigenvalue weighted by Gasteiger charge is -2.17. The Morgan fingerprint density at radius 3 is 2.44 bits per heavy atom. The van der Waals surface area contributed by atoms with E-state index in [1.165, 1.54) is 12.8 Å². The summed E-state index contributed by atoms with van der Waals surface area (Å²) in [6, 6.07) is 0.560. The minimum atomic E-state index is 0.219. The number of carbonyl (C=O) groups excluding carboxylic acids is 1. The van der Waals surface area contributed by atoms with Crippen LogP contribution in [0.5, 0.6) is 0 Å². The highest BCUT2D eigenvalue weighted by atomic mass is 16.2. The third-order valence-electron chi connectivity index (χ3n) is 3.01. The second-order valence-corrected chi connectivity index (χ2v) is 5.00. The summed E-state index contributed by atoms with van der Waals surface area (Å²) in [4.78, 5) is 13.0. The fraction of sp³-hybridized carbons (Fsp3) is 0.923. The maximum absolute atomic E-state index is 11.3. The summed E-state index contributed by atoms with van der Waals surface area (Å²) in [6.45, 7) is 7.68. The standard InChI is InChI=1S/C13H28N2O/c1-6-11(2)10-12(3)14-9-7-8-13(16)15(4)5/h11-12,14H,6-10H2,1-5H3. The van der Waals surface area contributed by atoms with Crippen LogP contribution in [0.3, 0.4) is 0 Å². The van der Waals surface area contributed by atoms with Gasteiger partial charge in [-0.05, 0) is 32.2 Å². The van der Waals surface area contributed by atoms with Gasteiger partial charge < -0.3 is 10.2 Å². The first-order chi connectivity index (χ1) is 7.47.